The van der Waals surface area contributed by atoms with Gasteiger partial charge in [-0.05, 0) is 31.8 Å². The number of amides is 2. The molecule has 6 heteroatoms. The second kappa shape index (κ2) is 4.52. The number of piperazine rings is 1. The first-order chi connectivity index (χ1) is 9.10. The van der Waals surface area contributed by atoms with E-state index >= 15 is 0 Å². The van der Waals surface area contributed by atoms with Gasteiger partial charge in [0.05, 0.1) is 11.6 Å². The Morgan fingerprint density at radius 3 is 2.84 bits per heavy atom. The molecule has 0 aromatic rings. The summed E-state index contributed by atoms with van der Waals surface area (Å²) in [4.78, 5) is 27.8. The highest BCUT2D eigenvalue weighted by molar-refractivity contribution is 5.96. The van der Waals surface area contributed by atoms with E-state index in [9.17, 15) is 9.59 Å². The Morgan fingerprint density at radius 1 is 1.47 bits per heavy atom. The van der Waals surface area contributed by atoms with Crippen molar-refractivity contribution in [3.05, 3.63) is 11.8 Å². The van der Waals surface area contributed by atoms with E-state index in [1.807, 2.05) is 9.80 Å². The number of hydrogen-bond donors (Lipinski definition) is 2. The minimum Gasteiger partial charge on any atom is -0.364 e. The summed E-state index contributed by atoms with van der Waals surface area (Å²) in [6.07, 6.45) is 4.11. The van der Waals surface area contributed by atoms with Crippen molar-refractivity contribution in [2.45, 2.75) is 25.8 Å². The third kappa shape index (κ3) is 2.20. The smallest absolute Gasteiger partial charge is 0.270 e. The zero-order chi connectivity index (χ0) is 13.6. The van der Waals surface area contributed by atoms with Crippen LogP contribution in [0.4, 0.5) is 0 Å². The Morgan fingerprint density at radius 2 is 2.21 bits per heavy atom. The van der Waals surface area contributed by atoms with Gasteiger partial charge in [0.15, 0.2) is 0 Å². The van der Waals surface area contributed by atoms with Crippen LogP contribution in [0.3, 0.4) is 0 Å². The number of hydrogen-bond acceptors (Lipinski definition) is 4. The standard InChI is InChI=1S/C13H19N3O3/c1-8-5-15-7-10(12(17)14-19)4-11(15)13(18)16(8)6-9-2-3-9/h4,8-10,19H,2-3,5-7H2,1H3,(H,14,17). The van der Waals surface area contributed by atoms with Gasteiger partial charge in [0, 0.05) is 25.7 Å². The maximum atomic E-state index is 12.5. The van der Waals surface area contributed by atoms with Gasteiger partial charge in [-0.3, -0.25) is 14.8 Å². The molecule has 2 aliphatic heterocycles. The van der Waals surface area contributed by atoms with Crippen LogP contribution in [0, 0.1) is 11.8 Å². The quantitative estimate of drug-likeness (QED) is 0.554. The normalized spacial score (nSPS) is 30.2. The Bertz CT molecular complexity index is 444. The molecule has 0 spiro atoms. The van der Waals surface area contributed by atoms with Gasteiger partial charge in [-0.1, -0.05) is 0 Å². The molecule has 1 saturated carbocycles. The zero-order valence-electron chi connectivity index (χ0n) is 11.0. The summed E-state index contributed by atoms with van der Waals surface area (Å²) < 4.78 is 0. The van der Waals surface area contributed by atoms with Gasteiger partial charge in [-0.25, -0.2) is 5.48 Å². The molecule has 2 fully saturated rings. The SMILES string of the molecule is CC1CN2CC(C(=O)NO)C=C2C(=O)N1CC1CC1. The lowest BCUT2D eigenvalue weighted by atomic mass is 10.1. The molecule has 2 unspecified atom stereocenters. The Hall–Kier alpha value is -1.56. The van der Waals surface area contributed by atoms with Crippen molar-refractivity contribution in [2.75, 3.05) is 19.6 Å². The predicted molar refractivity (Wildman–Crippen MR) is 67.0 cm³/mol. The molecular weight excluding hydrogens is 246 g/mol. The molecular formula is C13H19N3O3. The van der Waals surface area contributed by atoms with Crippen LogP contribution in [-0.4, -0.2) is 52.5 Å². The highest BCUT2D eigenvalue weighted by Gasteiger charge is 2.41. The Balaban J connectivity index is 1.77. The van der Waals surface area contributed by atoms with Gasteiger partial charge < -0.3 is 9.80 Å². The summed E-state index contributed by atoms with van der Waals surface area (Å²) in [6, 6.07) is 0.182. The van der Waals surface area contributed by atoms with Gasteiger partial charge in [0.1, 0.15) is 0 Å². The van der Waals surface area contributed by atoms with E-state index in [1.165, 1.54) is 12.8 Å². The van der Waals surface area contributed by atoms with Gasteiger partial charge in [0.25, 0.3) is 11.8 Å². The number of hydroxylamine groups is 1. The van der Waals surface area contributed by atoms with E-state index in [0.717, 1.165) is 13.1 Å². The van der Waals surface area contributed by atoms with Crippen molar-refractivity contribution in [2.24, 2.45) is 11.8 Å². The molecule has 3 rings (SSSR count). The van der Waals surface area contributed by atoms with Crippen LogP contribution in [0.2, 0.25) is 0 Å². The van der Waals surface area contributed by atoms with Crippen LogP contribution < -0.4 is 5.48 Å². The zero-order valence-corrected chi connectivity index (χ0v) is 11.0. The minimum absolute atomic E-state index is 0.0267. The van der Waals surface area contributed by atoms with E-state index < -0.39 is 11.8 Å². The largest absolute Gasteiger partial charge is 0.364 e. The minimum atomic E-state index is -0.448. The van der Waals surface area contributed by atoms with E-state index in [2.05, 4.69) is 6.92 Å². The first-order valence-electron chi connectivity index (χ1n) is 6.82. The molecule has 2 N–H and O–H groups in total. The molecule has 0 aromatic heterocycles. The fourth-order valence-corrected chi connectivity index (χ4v) is 2.91. The van der Waals surface area contributed by atoms with Crippen molar-refractivity contribution < 1.29 is 14.8 Å². The summed E-state index contributed by atoms with van der Waals surface area (Å²) in [5, 5.41) is 8.68. The van der Waals surface area contributed by atoms with Crippen LogP contribution in [0.15, 0.2) is 11.8 Å². The second-order valence-electron chi connectivity index (χ2n) is 5.79. The monoisotopic (exact) mass is 265 g/mol. The van der Waals surface area contributed by atoms with Crippen LogP contribution in [0.1, 0.15) is 19.8 Å². The Labute approximate surface area is 112 Å². The van der Waals surface area contributed by atoms with Gasteiger partial charge in [-0.15, -0.1) is 0 Å². The average Bonchev–Trinajstić information content (AvgIpc) is 3.11. The summed E-state index contributed by atoms with van der Waals surface area (Å²) in [7, 11) is 0. The third-order valence-corrected chi connectivity index (χ3v) is 4.21. The molecule has 6 nitrogen and oxygen atoms in total. The molecule has 0 radical (unpaired) electrons. The molecule has 3 aliphatic rings. The van der Waals surface area contributed by atoms with Gasteiger partial charge in [0.2, 0.25) is 0 Å². The lowest BCUT2D eigenvalue weighted by Gasteiger charge is -2.40. The number of carbonyl (C=O) groups is 2. The van der Waals surface area contributed by atoms with Gasteiger partial charge >= 0.3 is 0 Å². The topological polar surface area (TPSA) is 72.9 Å². The van der Waals surface area contributed by atoms with Crippen molar-refractivity contribution in [1.29, 1.82) is 0 Å². The van der Waals surface area contributed by atoms with Crippen molar-refractivity contribution >= 4 is 11.8 Å². The second-order valence-corrected chi connectivity index (χ2v) is 5.79. The van der Waals surface area contributed by atoms with Crippen molar-refractivity contribution in [3.8, 4) is 0 Å². The molecule has 2 heterocycles. The number of rotatable bonds is 3. The van der Waals surface area contributed by atoms with E-state index in [1.54, 1.807) is 11.6 Å². The van der Waals surface area contributed by atoms with E-state index in [0.29, 0.717) is 18.2 Å². The van der Waals surface area contributed by atoms with E-state index in [-0.39, 0.29) is 11.9 Å². The highest BCUT2D eigenvalue weighted by Crippen LogP contribution is 2.34. The lowest BCUT2D eigenvalue weighted by molar-refractivity contribution is -0.135. The number of nitrogens with one attached hydrogen (secondary N) is 1. The molecule has 1 aliphatic carbocycles. The number of carbonyl (C=O) groups excluding carboxylic acids is 2. The Kier molecular flexibility index (Phi) is 2.97. The number of fused-ring (bicyclic) bond motifs is 1. The van der Waals surface area contributed by atoms with E-state index in [4.69, 9.17) is 5.21 Å². The molecule has 2 amide bonds. The first kappa shape index (κ1) is 12.5. The average molecular weight is 265 g/mol. The fourth-order valence-electron chi connectivity index (χ4n) is 2.91. The molecule has 0 bridgehead atoms. The van der Waals surface area contributed by atoms with Crippen LogP contribution >= 0.6 is 0 Å². The third-order valence-electron chi connectivity index (χ3n) is 4.21. The first-order valence-corrected chi connectivity index (χ1v) is 6.82. The maximum Gasteiger partial charge on any atom is 0.270 e. The number of nitrogens with zero attached hydrogens (tertiary/aromatic N) is 2. The van der Waals surface area contributed by atoms with Gasteiger partial charge in [-0.2, -0.15) is 0 Å². The van der Waals surface area contributed by atoms with Crippen molar-refractivity contribution in [1.82, 2.24) is 15.3 Å². The van der Waals surface area contributed by atoms with Crippen LogP contribution in [0.25, 0.3) is 0 Å². The predicted octanol–water partition coefficient (Wildman–Crippen LogP) is -0.0518. The summed E-state index contributed by atoms with van der Waals surface area (Å²) in [6.45, 7) is 4.13. The lowest BCUT2D eigenvalue weighted by Crippen LogP contribution is -2.53. The fraction of sp³-hybridized carbons (Fsp3) is 0.692. The molecule has 2 atom stereocenters. The molecule has 0 aromatic carbocycles. The highest BCUT2D eigenvalue weighted by atomic mass is 16.5. The summed E-state index contributed by atoms with van der Waals surface area (Å²) >= 11 is 0. The van der Waals surface area contributed by atoms with Crippen LogP contribution in [-0.2, 0) is 9.59 Å². The summed E-state index contributed by atoms with van der Waals surface area (Å²) in [5.41, 5.74) is 2.28. The maximum absolute atomic E-state index is 12.5. The molecule has 1 saturated heterocycles. The van der Waals surface area contributed by atoms with Crippen LogP contribution in [0.5, 0.6) is 0 Å². The molecule has 19 heavy (non-hydrogen) atoms. The summed E-state index contributed by atoms with van der Waals surface area (Å²) in [5.74, 6) is -0.191. The van der Waals surface area contributed by atoms with Crippen molar-refractivity contribution in [3.63, 3.8) is 0 Å². The molecule has 104 valence electrons.